The molecule has 0 aromatic rings. The van der Waals surface area contributed by atoms with Gasteiger partial charge in [-0.1, -0.05) is 20.8 Å². The van der Waals surface area contributed by atoms with Crippen LogP contribution in [0.5, 0.6) is 0 Å². The fraction of sp³-hybridized carbons (Fsp3) is 1.00. The monoisotopic (exact) mass is 239 g/mol. The van der Waals surface area contributed by atoms with Crippen molar-refractivity contribution in [2.45, 2.75) is 27.2 Å². The first kappa shape index (κ1) is 13.3. The fourth-order valence-corrected chi connectivity index (χ4v) is 3.27. The zero-order chi connectivity index (χ0) is 12.3. The largest absolute Gasteiger partial charge is 0.315 e. The number of likely N-dealkylation sites (tertiary alicyclic amines) is 1. The molecule has 3 nitrogen and oxygen atoms in total. The van der Waals surface area contributed by atoms with Gasteiger partial charge in [-0.3, -0.25) is 0 Å². The Morgan fingerprint density at radius 3 is 2.76 bits per heavy atom. The standard InChI is InChI=1S/C14H29N3/c1-4-16-7-5-13(9-16)10-17-8-6-15-11-14(2,3)12-17/h13,15H,4-12H2,1-3H3. The first-order valence-corrected chi connectivity index (χ1v) is 7.24. The van der Waals surface area contributed by atoms with Crippen LogP contribution in [0.4, 0.5) is 0 Å². The molecular weight excluding hydrogens is 210 g/mol. The molecule has 100 valence electrons. The van der Waals surface area contributed by atoms with Crippen molar-refractivity contribution < 1.29 is 0 Å². The Balaban J connectivity index is 1.81. The average molecular weight is 239 g/mol. The second-order valence-electron chi connectivity index (χ2n) is 6.62. The summed E-state index contributed by atoms with van der Waals surface area (Å²) in [7, 11) is 0. The second-order valence-corrected chi connectivity index (χ2v) is 6.62. The van der Waals surface area contributed by atoms with Gasteiger partial charge in [0, 0.05) is 39.3 Å². The molecule has 17 heavy (non-hydrogen) atoms. The third-order valence-electron chi connectivity index (χ3n) is 4.19. The van der Waals surface area contributed by atoms with E-state index in [9.17, 15) is 0 Å². The van der Waals surface area contributed by atoms with Gasteiger partial charge in [-0.15, -0.1) is 0 Å². The Hall–Kier alpha value is -0.120. The molecule has 2 aliphatic rings. The highest BCUT2D eigenvalue weighted by Crippen LogP contribution is 2.21. The van der Waals surface area contributed by atoms with Gasteiger partial charge in [0.25, 0.3) is 0 Å². The van der Waals surface area contributed by atoms with Gasteiger partial charge in [-0.05, 0) is 30.8 Å². The number of hydrogen-bond acceptors (Lipinski definition) is 3. The summed E-state index contributed by atoms with van der Waals surface area (Å²) >= 11 is 0. The van der Waals surface area contributed by atoms with Gasteiger partial charge in [-0.25, -0.2) is 0 Å². The molecule has 0 bridgehead atoms. The lowest BCUT2D eigenvalue weighted by atomic mass is 9.93. The molecule has 2 fully saturated rings. The average Bonchev–Trinajstić information content (AvgIpc) is 2.64. The molecule has 1 N–H and O–H groups in total. The molecule has 0 spiro atoms. The van der Waals surface area contributed by atoms with Crippen molar-refractivity contribution in [3.8, 4) is 0 Å². The molecule has 2 rings (SSSR count). The van der Waals surface area contributed by atoms with E-state index in [1.54, 1.807) is 0 Å². The normalized spacial score (nSPS) is 31.6. The SMILES string of the molecule is CCN1CCC(CN2CCNCC(C)(C)C2)C1. The van der Waals surface area contributed by atoms with Crippen LogP contribution >= 0.6 is 0 Å². The lowest BCUT2D eigenvalue weighted by Gasteiger charge is -2.30. The van der Waals surface area contributed by atoms with Gasteiger partial charge in [0.05, 0.1) is 0 Å². The molecule has 2 saturated heterocycles. The number of hydrogen-bond donors (Lipinski definition) is 1. The van der Waals surface area contributed by atoms with Crippen LogP contribution in [0.1, 0.15) is 27.2 Å². The molecule has 3 heteroatoms. The highest BCUT2D eigenvalue weighted by atomic mass is 15.2. The Bertz CT molecular complexity index is 240. The van der Waals surface area contributed by atoms with E-state index in [1.807, 2.05) is 0 Å². The molecule has 0 radical (unpaired) electrons. The molecule has 1 unspecified atom stereocenters. The maximum atomic E-state index is 3.56. The zero-order valence-electron chi connectivity index (χ0n) is 11.8. The summed E-state index contributed by atoms with van der Waals surface area (Å²) < 4.78 is 0. The number of rotatable bonds is 3. The molecule has 0 amide bonds. The Morgan fingerprint density at radius 1 is 1.24 bits per heavy atom. The van der Waals surface area contributed by atoms with Crippen LogP contribution in [0.25, 0.3) is 0 Å². The van der Waals surface area contributed by atoms with Gasteiger partial charge in [0.15, 0.2) is 0 Å². The number of nitrogens with zero attached hydrogens (tertiary/aromatic N) is 2. The molecule has 2 aliphatic heterocycles. The van der Waals surface area contributed by atoms with Crippen molar-refractivity contribution in [2.75, 3.05) is 52.4 Å². The molecule has 0 aliphatic carbocycles. The maximum absolute atomic E-state index is 3.56. The number of nitrogens with one attached hydrogen (secondary N) is 1. The fourth-order valence-electron chi connectivity index (χ4n) is 3.27. The van der Waals surface area contributed by atoms with Crippen molar-refractivity contribution in [3.63, 3.8) is 0 Å². The van der Waals surface area contributed by atoms with Crippen LogP contribution in [-0.4, -0.2) is 62.2 Å². The summed E-state index contributed by atoms with van der Waals surface area (Å²) in [6.07, 6.45) is 1.40. The van der Waals surface area contributed by atoms with E-state index in [0.29, 0.717) is 5.41 Å². The zero-order valence-corrected chi connectivity index (χ0v) is 11.8. The van der Waals surface area contributed by atoms with Crippen LogP contribution < -0.4 is 5.32 Å². The van der Waals surface area contributed by atoms with Crippen molar-refractivity contribution in [1.82, 2.24) is 15.1 Å². The summed E-state index contributed by atoms with van der Waals surface area (Å²) in [6.45, 7) is 17.0. The van der Waals surface area contributed by atoms with Crippen molar-refractivity contribution in [2.24, 2.45) is 11.3 Å². The second kappa shape index (κ2) is 5.68. The van der Waals surface area contributed by atoms with Crippen LogP contribution in [0.2, 0.25) is 0 Å². The summed E-state index contributed by atoms with van der Waals surface area (Å²) in [5.41, 5.74) is 0.430. The first-order chi connectivity index (χ1) is 8.09. The van der Waals surface area contributed by atoms with Crippen molar-refractivity contribution in [3.05, 3.63) is 0 Å². The minimum absolute atomic E-state index is 0.430. The topological polar surface area (TPSA) is 18.5 Å². The summed E-state index contributed by atoms with van der Waals surface area (Å²) in [5.74, 6) is 0.906. The summed E-state index contributed by atoms with van der Waals surface area (Å²) in [4.78, 5) is 5.27. The maximum Gasteiger partial charge on any atom is 0.0107 e. The van der Waals surface area contributed by atoms with Gasteiger partial charge >= 0.3 is 0 Å². The predicted molar refractivity (Wildman–Crippen MR) is 73.3 cm³/mol. The Labute approximate surface area is 107 Å². The van der Waals surface area contributed by atoms with E-state index < -0.39 is 0 Å². The Kier molecular flexibility index (Phi) is 4.45. The van der Waals surface area contributed by atoms with Crippen LogP contribution in [0, 0.1) is 11.3 Å². The van der Waals surface area contributed by atoms with Crippen LogP contribution in [0.15, 0.2) is 0 Å². The van der Waals surface area contributed by atoms with Gasteiger partial charge < -0.3 is 15.1 Å². The highest BCUT2D eigenvalue weighted by molar-refractivity contribution is 4.84. The molecule has 0 aromatic heterocycles. The summed E-state index contributed by atoms with van der Waals surface area (Å²) in [6, 6.07) is 0. The van der Waals surface area contributed by atoms with Gasteiger partial charge in [0.2, 0.25) is 0 Å². The predicted octanol–water partition coefficient (Wildman–Crippen LogP) is 1.26. The van der Waals surface area contributed by atoms with Crippen LogP contribution in [-0.2, 0) is 0 Å². The molecule has 0 aromatic carbocycles. The van der Waals surface area contributed by atoms with E-state index in [-0.39, 0.29) is 0 Å². The first-order valence-electron chi connectivity index (χ1n) is 7.24. The van der Waals surface area contributed by atoms with E-state index in [4.69, 9.17) is 0 Å². The molecule has 0 saturated carbocycles. The minimum Gasteiger partial charge on any atom is -0.315 e. The van der Waals surface area contributed by atoms with E-state index in [2.05, 4.69) is 35.9 Å². The van der Waals surface area contributed by atoms with E-state index >= 15 is 0 Å². The molecule has 1 atom stereocenters. The third kappa shape index (κ3) is 3.94. The Morgan fingerprint density at radius 2 is 2.06 bits per heavy atom. The lowest BCUT2D eigenvalue weighted by Crippen LogP contribution is -2.38. The quantitative estimate of drug-likeness (QED) is 0.800. The molecular formula is C14H29N3. The van der Waals surface area contributed by atoms with E-state index in [0.717, 1.165) is 19.0 Å². The minimum atomic E-state index is 0.430. The van der Waals surface area contributed by atoms with Crippen molar-refractivity contribution in [1.29, 1.82) is 0 Å². The summed E-state index contributed by atoms with van der Waals surface area (Å²) in [5, 5.41) is 3.56. The van der Waals surface area contributed by atoms with Crippen LogP contribution in [0.3, 0.4) is 0 Å². The highest BCUT2D eigenvalue weighted by Gasteiger charge is 2.28. The van der Waals surface area contributed by atoms with E-state index in [1.165, 1.54) is 45.7 Å². The van der Waals surface area contributed by atoms with Crippen molar-refractivity contribution >= 4 is 0 Å². The lowest BCUT2D eigenvalue weighted by molar-refractivity contribution is 0.180. The molecule has 2 heterocycles. The van der Waals surface area contributed by atoms with Gasteiger partial charge in [0.1, 0.15) is 0 Å². The van der Waals surface area contributed by atoms with Gasteiger partial charge in [-0.2, -0.15) is 0 Å². The smallest absolute Gasteiger partial charge is 0.0107 e. The third-order valence-corrected chi connectivity index (χ3v) is 4.19.